The Hall–Kier alpha value is -3.40. The van der Waals surface area contributed by atoms with E-state index in [1.807, 2.05) is 13.0 Å². The smallest absolute Gasteiger partial charge is 0.270 e. The third kappa shape index (κ3) is 4.72. The molecule has 7 nitrogen and oxygen atoms in total. The van der Waals surface area contributed by atoms with Gasteiger partial charge in [-0.25, -0.2) is 0 Å². The molecule has 0 unspecified atom stereocenters. The molecular weight excluding hydrogens is 370 g/mol. The van der Waals surface area contributed by atoms with Crippen molar-refractivity contribution in [3.63, 3.8) is 0 Å². The lowest BCUT2D eigenvalue weighted by Crippen LogP contribution is -2.41. The topological polar surface area (TPSA) is 109 Å². The summed E-state index contributed by atoms with van der Waals surface area (Å²) in [6.45, 7) is 3.94. The molecule has 29 heavy (non-hydrogen) atoms. The van der Waals surface area contributed by atoms with Gasteiger partial charge in [0.2, 0.25) is 0 Å². The number of benzene rings is 1. The highest BCUT2D eigenvalue weighted by molar-refractivity contribution is 6.01. The largest absolute Gasteiger partial charge is 0.457 e. The Labute approximate surface area is 169 Å². The number of nitro groups is 1. The molecule has 1 heterocycles. The van der Waals surface area contributed by atoms with Crippen LogP contribution in [0.15, 0.2) is 40.3 Å². The van der Waals surface area contributed by atoms with Crippen LogP contribution in [0, 0.1) is 34.3 Å². The zero-order chi connectivity index (χ0) is 21.0. The van der Waals surface area contributed by atoms with Gasteiger partial charge in [-0.2, -0.15) is 5.26 Å². The molecule has 1 amide bonds. The summed E-state index contributed by atoms with van der Waals surface area (Å²) < 4.78 is 5.75. The minimum atomic E-state index is -0.461. The summed E-state index contributed by atoms with van der Waals surface area (Å²) in [4.78, 5) is 23.1. The molecule has 2 aromatic rings. The fourth-order valence-electron chi connectivity index (χ4n) is 3.63. The molecule has 0 aliphatic heterocycles. The van der Waals surface area contributed by atoms with Gasteiger partial charge in [0.1, 0.15) is 23.2 Å². The summed E-state index contributed by atoms with van der Waals surface area (Å²) in [5, 5.41) is 23.4. The molecule has 1 N–H and O–H groups in total. The lowest BCUT2D eigenvalue weighted by Gasteiger charge is -2.29. The Bertz CT molecular complexity index is 1000. The standard InChI is InChI=1S/C22H23N3O4/c1-14-7-8-17(25(27)28)12-19(14)21-10-9-18(29-21)11-16(13-23)22(26)24-20-6-4-3-5-15(20)2/h7-12,15,20H,3-6H2,1-2H3,(H,24,26)/b16-11+/t15-,20+/m0/s1. The van der Waals surface area contributed by atoms with Crippen LogP contribution in [-0.2, 0) is 4.79 Å². The van der Waals surface area contributed by atoms with Crippen molar-refractivity contribution in [1.29, 1.82) is 5.26 Å². The number of hydrogen-bond acceptors (Lipinski definition) is 5. The lowest BCUT2D eigenvalue weighted by molar-refractivity contribution is -0.384. The Morgan fingerprint density at radius 2 is 2.07 bits per heavy atom. The molecule has 1 aromatic carbocycles. The van der Waals surface area contributed by atoms with Crippen molar-refractivity contribution in [3.8, 4) is 17.4 Å². The van der Waals surface area contributed by atoms with Crippen LogP contribution in [0.4, 0.5) is 5.69 Å². The number of nitrogens with one attached hydrogen (secondary N) is 1. The number of non-ortho nitro benzene ring substituents is 1. The van der Waals surface area contributed by atoms with Crippen LogP contribution in [0.5, 0.6) is 0 Å². The van der Waals surface area contributed by atoms with Crippen molar-refractivity contribution in [1.82, 2.24) is 5.32 Å². The van der Waals surface area contributed by atoms with E-state index < -0.39 is 10.8 Å². The van der Waals surface area contributed by atoms with E-state index in [1.165, 1.54) is 24.6 Å². The van der Waals surface area contributed by atoms with E-state index in [0.717, 1.165) is 24.8 Å². The average molecular weight is 393 g/mol. The number of aryl methyl sites for hydroxylation is 1. The summed E-state index contributed by atoms with van der Waals surface area (Å²) in [7, 11) is 0. The number of furan rings is 1. The van der Waals surface area contributed by atoms with Crippen molar-refractivity contribution < 1.29 is 14.1 Å². The number of nitrogens with zero attached hydrogens (tertiary/aromatic N) is 2. The maximum Gasteiger partial charge on any atom is 0.270 e. The van der Waals surface area contributed by atoms with Crippen molar-refractivity contribution in [3.05, 3.63) is 57.3 Å². The maximum absolute atomic E-state index is 12.5. The van der Waals surface area contributed by atoms with Crippen molar-refractivity contribution in [2.24, 2.45) is 5.92 Å². The fraction of sp³-hybridized carbons (Fsp3) is 0.364. The van der Waals surface area contributed by atoms with Crippen LogP contribution in [0.1, 0.15) is 43.9 Å². The second-order valence-corrected chi connectivity index (χ2v) is 7.47. The van der Waals surface area contributed by atoms with E-state index in [4.69, 9.17) is 4.42 Å². The van der Waals surface area contributed by atoms with E-state index in [1.54, 1.807) is 18.2 Å². The molecule has 2 atom stereocenters. The monoisotopic (exact) mass is 393 g/mol. The number of carbonyl (C=O) groups is 1. The van der Waals surface area contributed by atoms with Gasteiger partial charge in [-0.1, -0.05) is 25.8 Å². The molecule has 0 radical (unpaired) electrons. The van der Waals surface area contributed by atoms with E-state index in [-0.39, 0.29) is 17.3 Å². The Morgan fingerprint density at radius 3 is 2.76 bits per heavy atom. The third-order valence-corrected chi connectivity index (χ3v) is 5.40. The van der Waals surface area contributed by atoms with E-state index in [2.05, 4.69) is 12.2 Å². The first-order valence-electron chi connectivity index (χ1n) is 9.67. The molecule has 1 fully saturated rings. The number of rotatable bonds is 5. The molecule has 1 aromatic heterocycles. The normalized spacial score (nSPS) is 19.4. The van der Waals surface area contributed by atoms with Gasteiger partial charge in [0.15, 0.2) is 0 Å². The molecule has 0 spiro atoms. The van der Waals surface area contributed by atoms with Crippen LogP contribution >= 0.6 is 0 Å². The number of hydrogen-bond donors (Lipinski definition) is 1. The molecule has 1 aliphatic rings. The highest BCUT2D eigenvalue weighted by Gasteiger charge is 2.24. The highest BCUT2D eigenvalue weighted by Crippen LogP contribution is 2.30. The van der Waals surface area contributed by atoms with Gasteiger partial charge in [-0.15, -0.1) is 0 Å². The molecule has 0 bridgehead atoms. The quantitative estimate of drug-likeness (QED) is 0.341. The van der Waals surface area contributed by atoms with E-state index in [9.17, 15) is 20.2 Å². The van der Waals surface area contributed by atoms with E-state index in [0.29, 0.717) is 23.0 Å². The summed E-state index contributed by atoms with van der Waals surface area (Å²) in [6, 6.07) is 9.87. The fourth-order valence-corrected chi connectivity index (χ4v) is 3.63. The number of amides is 1. The van der Waals surface area contributed by atoms with Crippen molar-refractivity contribution in [2.75, 3.05) is 0 Å². The zero-order valence-electron chi connectivity index (χ0n) is 16.5. The van der Waals surface area contributed by atoms with Gasteiger partial charge in [-0.05, 0) is 43.4 Å². The third-order valence-electron chi connectivity index (χ3n) is 5.40. The summed E-state index contributed by atoms with van der Waals surface area (Å²) >= 11 is 0. The second kappa shape index (κ2) is 8.74. The molecule has 0 saturated heterocycles. The lowest BCUT2D eigenvalue weighted by atomic mass is 9.86. The van der Waals surface area contributed by atoms with Crippen LogP contribution in [0.3, 0.4) is 0 Å². The van der Waals surface area contributed by atoms with Gasteiger partial charge in [-0.3, -0.25) is 14.9 Å². The van der Waals surface area contributed by atoms with Crippen LogP contribution < -0.4 is 5.32 Å². The van der Waals surface area contributed by atoms with Crippen LogP contribution in [0.2, 0.25) is 0 Å². The van der Waals surface area contributed by atoms with Crippen molar-refractivity contribution >= 4 is 17.7 Å². The summed E-state index contributed by atoms with van der Waals surface area (Å²) in [5.74, 6) is 0.765. The number of nitriles is 1. The Kier molecular flexibility index (Phi) is 6.13. The molecular formula is C22H23N3O4. The van der Waals surface area contributed by atoms with Crippen LogP contribution in [0.25, 0.3) is 17.4 Å². The van der Waals surface area contributed by atoms with Crippen molar-refractivity contribution in [2.45, 2.75) is 45.6 Å². The Balaban J connectivity index is 1.81. The first-order chi connectivity index (χ1) is 13.9. The van der Waals surface area contributed by atoms with Gasteiger partial charge in [0.25, 0.3) is 11.6 Å². The molecule has 1 saturated carbocycles. The predicted octanol–water partition coefficient (Wildman–Crippen LogP) is 4.77. The summed E-state index contributed by atoms with van der Waals surface area (Å²) in [5.41, 5.74) is 1.36. The molecule has 3 rings (SSSR count). The molecule has 150 valence electrons. The molecule has 1 aliphatic carbocycles. The average Bonchev–Trinajstić information content (AvgIpc) is 3.16. The Morgan fingerprint density at radius 1 is 1.31 bits per heavy atom. The zero-order valence-corrected chi connectivity index (χ0v) is 16.5. The predicted molar refractivity (Wildman–Crippen MR) is 109 cm³/mol. The first kappa shape index (κ1) is 20.3. The number of nitro benzene ring substituents is 1. The second-order valence-electron chi connectivity index (χ2n) is 7.47. The summed E-state index contributed by atoms with van der Waals surface area (Å²) in [6.07, 6.45) is 5.63. The molecule has 7 heteroatoms. The van der Waals surface area contributed by atoms with Gasteiger partial charge in [0.05, 0.1) is 4.92 Å². The maximum atomic E-state index is 12.5. The minimum Gasteiger partial charge on any atom is -0.457 e. The highest BCUT2D eigenvalue weighted by atomic mass is 16.6. The van der Waals surface area contributed by atoms with Gasteiger partial charge >= 0.3 is 0 Å². The van der Waals surface area contributed by atoms with E-state index >= 15 is 0 Å². The first-order valence-corrected chi connectivity index (χ1v) is 9.67. The minimum absolute atomic E-state index is 0.0283. The van der Waals surface area contributed by atoms with Gasteiger partial charge in [0, 0.05) is 29.8 Å². The van der Waals surface area contributed by atoms with Gasteiger partial charge < -0.3 is 9.73 Å². The number of carbonyl (C=O) groups excluding carboxylic acids is 1. The SMILES string of the molecule is Cc1ccc([N+](=O)[O-])cc1-c1ccc(/C=C(\C#N)C(=O)N[C@@H]2CCCC[C@@H]2C)o1. The van der Waals surface area contributed by atoms with Crippen LogP contribution in [-0.4, -0.2) is 16.9 Å².